The molecule has 1 aromatic carbocycles. The number of aromatic nitrogens is 3. The second kappa shape index (κ2) is 4.68. The van der Waals surface area contributed by atoms with E-state index in [0.29, 0.717) is 11.1 Å². The van der Waals surface area contributed by atoms with Gasteiger partial charge in [-0.2, -0.15) is 18.2 Å². The van der Waals surface area contributed by atoms with Crippen molar-refractivity contribution in [2.75, 3.05) is 0 Å². The van der Waals surface area contributed by atoms with E-state index < -0.39 is 12.1 Å². The molecule has 1 fully saturated rings. The highest BCUT2D eigenvalue weighted by Crippen LogP contribution is 2.33. The van der Waals surface area contributed by atoms with Gasteiger partial charge < -0.3 is 4.52 Å². The fourth-order valence-electron chi connectivity index (χ4n) is 2.44. The van der Waals surface area contributed by atoms with Gasteiger partial charge >= 0.3 is 12.1 Å². The Bertz CT molecular complexity index is 906. The molecule has 0 saturated heterocycles. The van der Waals surface area contributed by atoms with Gasteiger partial charge in [0.15, 0.2) is 0 Å². The highest BCUT2D eigenvalue weighted by Gasteiger charge is 2.38. The number of halogens is 3. The van der Waals surface area contributed by atoms with Crippen molar-refractivity contribution in [2.24, 2.45) is 5.92 Å². The van der Waals surface area contributed by atoms with Gasteiger partial charge in [0.1, 0.15) is 0 Å². The molecule has 3 aromatic rings. The lowest BCUT2D eigenvalue weighted by atomic mass is 10.1. The number of carbonyl (C=O) groups is 1. The number of alkyl halides is 3. The molecule has 4 rings (SSSR count). The minimum absolute atomic E-state index is 0.00115. The third-order valence-electron chi connectivity index (χ3n) is 3.78. The smallest absolute Gasteiger partial charge is 0.329 e. The summed E-state index contributed by atoms with van der Waals surface area (Å²) in [6.45, 7) is 0. The van der Waals surface area contributed by atoms with E-state index in [9.17, 15) is 18.0 Å². The maximum absolute atomic E-state index is 12.5. The summed E-state index contributed by atoms with van der Waals surface area (Å²) < 4.78 is 43.4. The van der Waals surface area contributed by atoms with Crippen LogP contribution in [-0.4, -0.2) is 20.6 Å². The van der Waals surface area contributed by atoms with E-state index in [4.69, 9.17) is 0 Å². The molecular weight excluding hydrogens is 311 g/mol. The summed E-state index contributed by atoms with van der Waals surface area (Å²) in [5.74, 6) is -1.51. The lowest BCUT2D eigenvalue weighted by molar-refractivity contribution is -0.159. The first-order chi connectivity index (χ1) is 10.9. The van der Waals surface area contributed by atoms with Crippen molar-refractivity contribution in [2.45, 2.75) is 19.0 Å². The molecule has 2 heterocycles. The van der Waals surface area contributed by atoms with Gasteiger partial charge in [0.05, 0.1) is 5.52 Å². The Morgan fingerprint density at radius 3 is 2.70 bits per heavy atom. The fourth-order valence-corrected chi connectivity index (χ4v) is 2.44. The quantitative estimate of drug-likeness (QED) is 0.721. The van der Waals surface area contributed by atoms with E-state index in [1.165, 1.54) is 4.57 Å². The van der Waals surface area contributed by atoms with Crippen LogP contribution in [0.5, 0.6) is 0 Å². The standard InChI is InChI=1S/C15H10F3N3O2/c16-15(17,18)14-19-12(20-23-14)10-4-1-8-5-6-21(11(8)7-10)13(22)9-2-3-9/h1,4-7,9H,2-3H2. The molecule has 1 aliphatic carbocycles. The van der Waals surface area contributed by atoms with Crippen molar-refractivity contribution >= 4 is 16.8 Å². The molecule has 0 amide bonds. The van der Waals surface area contributed by atoms with Gasteiger partial charge in [-0.1, -0.05) is 17.3 Å². The van der Waals surface area contributed by atoms with E-state index in [-0.39, 0.29) is 17.6 Å². The first kappa shape index (κ1) is 14.0. The normalized spacial score (nSPS) is 15.3. The van der Waals surface area contributed by atoms with Crippen LogP contribution in [0.4, 0.5) is 13.2 Å². The molecule has 1 aliphatic rings. The first-order valence-electron chi connectivity index (χ1n) is 7.00. The van der Waals surface area contributed by atoms with E-state index >= 15 is 0 Å². The minimum atomic E-state index is -4.68. The van der Waals surface area contributed by atoms with E-state index in [2.05, 4.69) is 14.7 Å². The summed E-state index contributed by atoms with van der Waals surface area (Å²) in [6.07, 6.45) is -1.26. The zero-order valence-electron chi connectivity index (χ0n) is 11.7. The van der Waals surface area contributed by atoms with Gasteiger partial charge in [-0.15, -0.1) is 0 Å². The van der Waals surface area contributed by atoms with Crippen LogP contribution in [-0.2, 0) is 6.18 Å². The molecular formula is C15H10F3N3O2. The molecule has 118 valence electrons. The van der Waals surface area contributed by atoms with Gasteiger partial charge in [-0.25, -0.2) is 0 Å². The van der Waals surface area contributed by atoms with Gasteiger partial charge in [0, 0.05) is 23.1 Å². The predicted molar refractivity (Wildman–Crippen MR) is 73.6 cm³/mol. The minimum Gasteiger partial charge on any atom is -0.329 e. The van der Waals surface area contributed by atoms with Crippen molar-refractivity contribution in [3.05, 3.63) is 36.4 Å². The summed E-state index contributed by atoms with van der Waals surface area (Å²) in [5.41, 5.74) is 0.984. The molecule has 0 atom stereocenters. The van der Waals surface area contributed by atoms with E-state index in [0.717, 1.165) is 18.2 Å². The van der Waals surface area contributed by atoms with Gasteiger partial charge in [-0.05, 0) is 25.0 Å². The highest BCUT2D eigenvalue weighted by molar-refractivity contribution is 5.95. The Balaban J connectivity index is 1.77. The number of hydrogen-bond acceptors (Lipinski definition) is 4. The predicted octanol–water partition coefficient (Wildman–Crippen LogP) is 3.76. The molecule has 0 bridgehead atoms. The zero-order chi connectivity index (χ0) is 16.2. The number of benzene rings is 1. The maximum atomic E-state index is 12.5. The average molecular weight is 321 g/mol. The second-order valence-corrected chi connectivity index (χ2v) is 5.49. The van der Waals surface area contributed by atoms with Crippen molar-refractivity contribution < 1.29 is 22.5 Å². The summed E-state index contributed by atoms with van der Waals surface area (Å²) >= 11 is 0. The van der Waals surface area contributed by atoms with Gasteiger partial charge in [-0.3, -0.25) is 9.36 Å². The molecule has 0 N–H and O–H groups in total. The molecule has 0 spiro atoms. The maximum Gasteiger partial charge on any atom is 0.471 e. The Morgan fingerprint density at radius 2 is 2.04 bits per heavy atom. The highest BCUT2D eigenvalue weighted by atomic mass is 19.4. The van der Waals surface area contributed by atoms with Crippen LogP contribution in [0, 0.1) is 5.92 Å². The molecule has 23 heavy (non-hydrogen) atoms. The first-order valence-corrected chi connectivity index (χ1v) is 7.00. The topological polar surface area (TPSA) is 60.9 Å². The van der Waals surface area contributed by atoms with E-state index in [1.54, 1.807) is 30.5 Å². The molecule has 0 radical (unpaired) electrons. The van der Waals surface area contributed by atoms with Crippen LogP contribution in [0.15, 0.2) is 35.0 Å². The Labute approximate surface area is 127 Å². The van der Waals surface area contributed by atoms with Crippen molar-refractivity contribution in [3.8, 4) is 11.4 Å². The molecule has 1 saturated carbocycles. The van der Waals surface area contributed by atoms with Crippen LogP contribution in [0.3, 0.4) is 0 Å². The monoisotopic (exact) mass is 321 g/mol. The molecule has 0 aliphatic heterocycles. The summed E-state index contributed by atoms with van der Waals surface area (Å²) in [7, 11) is 0. The van der Waals surface area contributed by atoms with Gasteiger partial charge in [0.2, 0.25) is 11.7 Å². The van der Waals surface area contributed by atoms with Crippen molar-refractivity contribution in [1.29, 1.82) is 0 Å². The van der Waals surface area contributed by atoms with E-state index in [1.807, 2.05) is 0 Å². The molecule has 8 heteroatoms. The molecule has 2 aromatic heterocycles. The number of carbonyl (C=O) groups excluding carboxylic acids is 1. The number of nitrogens with zero attached hydrogens (tertiary/aromatic N) is 3. The summed E-state index contributed by atoms with van der Waals surface area (Å²) in [6, 6.07) is 6.70. The van der Waals surface area contributed by atoms with Crippen molar-refractivity contribution in [1.82, 2.24) is 14.7 Å². The third kappa shape index (κ3) is 2.39. The number of rotatable bonds is 2. The summed E-state index contributed by atoms with van der Waals surface area (Å²) in [4.78, 5) is 15.6. The average Bonchev–Trinajstić information content (AvgIpc) is 3.08. The summed E-state index contributed by atoms with van der Waals surface area (Å²) in [5, 5.41) is 4.19. The van der Waals surface area contributed by atoms with Crippen LogP contribution < -0.4 is 0 Å². The fraction of sp³-hybridized carbons (Fsp3) is 0.267. The zero-order valence-corrected chi connectivity index (χ0v) is 11.7. The largest absolute Gasteiger partial charge is 0.471 e. The lowest BCUT2D eigenvalue weighted by Crippen LogP contribution is -2.10. The second-order valence-electron chi connectivity index (χ2n) is 5.49. The lowest BCUT2D eigenvalue weighted by Gasteiger charge is -2.03. The Kier molecular flexibility index (Phi) is 2.84. The van der Waals surface area contributed by atoms with Gasteiger partial charge in [0.25, 0.3) is 0 Å². The van der Waals surface area contributed by atoms with Crippen molar-refractivity contribution in [3.63, 3.8) is 0 Å². The van der Waals surface area contributed by atoms with Crippen LogP contribution in [0.1, 0.15) is 23.5 Å². The SMILES string of the molecule is O=C(C1CC1)n1ccc2ccc(-c3noc(C(F)(F)F)n3)cc21. The molecule has 0 unspecified atom stereocenters. The van der Waals surface area contributed by atoms with Crippen LogP contribution in [0.2, 0.25) is 0 Å². The molecule has 5 nitrogen and oxygen atoms in total. The Hall–Kier alpha value is -2.64. The third-order valence-corrected chi connectivity index (χ3v) is 3.78. The number of hydrogen-bond donors (Lipinski definition) is 0. The number of fused-ring (bicyclic) bond motifs is 1. The van der Waals surface area contributed by atoms with Crippen LogP contribution in [0.25, 0.3) is 22.3 Å². The Morgan fingerprint density at radius 1 is 1.26 bits per heavy atom. The van der Waals surface area contributed by atoms with Crippen LogP contribution >= 0.6 is 0 Å².